The highest BCUT2D eigenvalue weighted by atomic mass is 16.5. The number of aryl methyl sites for hydroxylation is 1. The minimum absolute atomic E-state index is 0.181. The van der Waals surface area contributed by atoms with Gasteiger partial charge in [0, 0.05) is 43.0 Å². The molecule has 1 N–H and O–H groups in total. The number of fused-ring (bicyclic) bond motifs is 1. The number of hydrogen-bond donors (Lipinski definition) is 1. The van der Waals surface area contributed by atoms with E-state index < -0.39 is 0 Å². The zero-order valence-electron chi connectivity index (χ0n) is 15.7. The summed E-state index contributed by atoms with van der Waals surface area (Å²) in [4.78, 5) is 18.7. The second kappa shape index (κ2) is 8.36. The molecule has 0 saturated carbocycles. The van der Waals surface area contributed by atoms with Gasteiger partial charge in [0.1, 0.15) is 11.3 Å². The number of carbonyl (C=O) groups excluding carboxylic acids is 1. The zero-order valence-corrected chi connectivity index (χ0v) is 15.7. The first kappa shape index (κ1) is 18.5. The number of rotatable bonds is 6. The molecule has 1 aromatic heterocycles. The monoisotopic (exact) mass is 357 g/mol. The molecule has 1 saturated heterocycles. The molecule has 1 amide bonds. The lowest BCUT2D eigenvalue weighted by Crippen LogP contribution is -2.42. The molecular weight excluding hydrogens is 330 g/mol. The number of benzene rings is 1. The molecule has 2 aromatic rings. The predicted molar refractivity (Wildman–Crippen MR) is 103 cm³/mol. The molecule has 0 atom stereocenters. The van der Waals surface area contributed by atoms with Gasteiger partial charge in [0.2, 0.25) is 5.91 Å². The van der Waals surface area contributed by atoms with E-state index in [1.54, 1.807) is 14.2 Å². The van der Waals surface area contributed by atoms with E-state index in [4.69, 9.17) is 9.47 Å². The van der Waals surface area contributed by atoms with Crippen molar-refractivity contribution in [3.8, 4) is 5.75 Å². The van der Waals surface area contributed by atoms with Crippen molar-refractivity contribution in [2.24, 2.45) is 0 Å². The molecule has 26 heavy (non-hydrogen) atoms. The van der Waals surface area contributed by atoms with E-state index in [0.717, 1.165) is 54.0 Å². The summed E-state index contributed by atoms with van der Waals surface area (Å²) in [6.45, 7) is 4.05. The van der Waals surface area contributed by atoms with Gasteiger partial charge >= 0.3 is 0 Å². The highest BCUT2D eigenvalue weighted by Crippen LogP contribution is 2.31. The van der Waals surface area contributed by atoms with E-state index in [0.29, 0.717) is 19.1 Å². The van der Waals surface area contributed by atoms with Crippen LogP contribution in [0.25, 0.3) is 10.9 Å². The fourth-order valence-electron chi connectivity index (χ4n) is 3.48. The van der Waals surface area contributed by atoms with Crippen LogP contribution in [0, 0.1) is 6.92 Å². The van der Waals surface area contributed by atoms with E-state index in [-0.39, 0.29) is 5.91 Å². The Labute approximate surface area is 154 Å². The standard InChI is InChI=1S/C20H27N3O3/c1-14-13-17(16-5-4-6-18(26-3)20(16)21-14)22-15-7-10-23(11-8-15)19(24)9-12-25-2/h4-6,13,15H,7-12H2,1-3H3,(H,21,22). The van der Waals surface area contributed by atoms with Gasteiger partial charge in [-0.05, 0) is 31.9 Å². The van der Waals surface area contributed by atoms with Crippen molar-refractivity contribution in [3.05, 3.63) is 30.0 Å². The van der Waals surface area contributed by atoms with Gasteiger partial charge in [0.15, 0.2) is 0 Å². The molecule has 0 bridgehead atoms. The van der Waals surface area contributed by atoms with Crippen LogP contribution in [0.15, 0.2) is 24.3 Å². The van der Waals surface area contributed by atoms with Gasteiger partial charge in [0.05, 0.1) is 20.1 Å². The summed E-state index contributed by atoms with van der Waals surface area (Å²) in [5, 5.41) is 4.72. The number of amides is 1. The topological polar surface area (TPSA) is 63.7 Å². The molecular formula is C20H27N3O3. The molecule has 1 aromatic carbocycles. The molecule has 6 heteroatoms. The minimum atomic E-state index is 0.181. The van der Waals surface area contributed by atoms with Gasteiger partial charge in [-0.2, -0.15) is 0 Å². The first-order valence-corrected chi connectivity index (χ1v) is 9.10. The molecule has 1 aliphatic heterocycles. The van der Waals surface area contributed by atoms with Crippen LogP contribution in [0.4, 0.5) is 5.69 Å². The normalized spacial score (nSPS) is 15.3. The molecule has 0 aliphatic carbocycles. The number of anilines is 1. The molecule has 0 spiro atoms. The molecule has 3 rings (SSSR count). The third-order valence-corrected chi connectivity index (χ3v) is 4.88. The molecule has 6 nitrogen and oxygen atoms in total. The van der Waals surface area contributed by atoms with E-state index in [1.165, 1.54) is 0 Å². The van der Waals surface area contributed by atoms with Crippen molar-refractivity contribution in [1.82, 2.24) is 9.88 Å². The van der Waals surface area contributed by atoms with Gasteiger partial charge in [-0.25, -0.2) is 4.98 Å². The summed E-state index contributed by atoms with van der Waals surface area (Å²) in [7, 11) is 3.29. The third kappa shape index (κ3) is 4.07. The van der Waals surface area contributed by atoms with Crippen LogP contribution in [-0.4, -0.2) is 55.7 Å². The molecule has 1 aliphatic rings. The number of hydrogen-bond acceptors (Lipinski definition) is 5. The maximum absolute atomic E-state index is 12.1. The van der Waals surface area contributed by atoms with E-state index in [2.05, 4.69) is 22.4 Å². The molecule has 2 heterocycles. The van der Waals surface area contributed by atoms with E-state index in [1.807, 2.05) is 24.0 Å². The number of pyridine rings is 1. The average Bonchev–Trinajstić information content (AvgIpc) is 2.66. The summed E-state index contributed by atoms with van der Waals surface area (Å²) in [5.74, 6) is 0.966. The van der Waals surface area contributed by atoms with Crippen LogP contribution in [0.3, 0.4) is 0 Å². The quantitative estimate of drug-likeness (QED) is 0.861. The Morgan fingerprint density at radius 1 is 1.31 bits per heavy atom. The Balaban J connectivity index is 1.70. The molecule has 0 unspecified atom stereocenters. The number of aromatic nitrogens is 1. The first-order chi connectivity index (χ1) is 12.6. The number of ether oxygens (including phenoxy) is 2. The summed E-state index contributed by atoms with van der Waals surface area (Å²) in [6.07, 6.45) is 2.33. The highest BCUT2D eigenvalue weighted by Gasteiger charge is 2.23. The van der Waals surface area contributed by atoms with Gasteiger partial charge in [-0.15, -0.1) is 0 Å². The van der Waals surface area contributed by atoms with Crippen LogP contribution >= 0.6 is 0 Å². The lowest BCUT2D eigenvalue weighted by molar-refractivity contribution is -0.133. The maximum Gasteiger partial charge on any atom is 0.224 e. The minimum Gasteiger partial charge on any atom is -0.494 e. The Bertz CT molecular complexity index is 770. The van der Waals surface area contributed by atoms with Gasteiger partial charge < -0.3 is 19.7 Å². The number of nitrogens with zero attached hydrogens (tertiary/aromatic N) is 2. The Kier molecular flexibility index (Phi) is 5.93. The summed E-state index contributed by atoms with van der Waals surface area (Å²) >= 11 is 0. The first-order valence-electron chi connectivity index (χ1n) is 9.10. The second-order valence-electron chi connectivity index (χ2n) is 6.71. The van der Waals surface area contributed by atoms with Crippen molar-refractivity contribution in [1.29, 1.82) is 0 Å². The Morgan fingerprint density at radius 2 is 2.08 bits per heavy atom. The third-order valence-electron chi connectivity index (χ3n) is 4.88. The van der Waals surface area contributed by atoms with Crippen molar-refractivity contribution < 1.29 is 14.3 Å². The number of likely N-dealkylation sites (tertiary alicyclic amines) is 1. The van der Waals surface area contributed by atoms with Crippen molar-refractivity contribution in [2.45, 2.75) is 32.2 Å². The highest BCUT2D eigenvalue weighted by molar-refractivity contribution is 5.95. The average molecular weight is 357 g/mol. The van der Waals surface area contributed by atoms with Crippen molar-refractivity contribution in [2.75, 3.05) is 39.2 Å². The smallest absolute Gasteiger partial charge is 0.224 e. The SMILES string of the molecule is COCCC(=O)N1CCC(Nc2cc(C)nc3c(OC)cccc23)CC1. The Hall–Kier alpha value is -2.34. The van der Waals surface area contributed by atoms with Gasteiger partial charge in [-0.1, -0.05) is 12.1 Å². The van der Waals surface area contributed by atoms with Crippen molar-refractivity contribution >= 4 is 22.5 Å². The van der Waals surface area contributed by atoms with E-state index >= 15 is 0 Å². The largest absolute Gasteiger partial charge is 0.494 e. The predicted octanol–water partition coefficient (Wildman–Crippen LogP) is 2.99. The van der Waals surface area contributed by atoms with E-state index in [9.17, 15) is 4.79 Å². The van der Waals surface area contributed by atoms with Gasteiger partial charge in [0.25, 0.3) is 0 Å². The Morgan fingerprint density at radius 3 is 2.77 bits per heavy atom. The number of piperidine rings is 1. The number of para-hydroxylation sites is 1. The number of carbonyl (C=O) groups is 1. The zero-order chi connectivity index (χ0) is 18.5. The number of nitrogens with one attached hydrogen (secondary N) is 1. The lowest BCUT2D eigenvalue weighted by Gasteiger charge is -2.33. The van der Waals surface area contributed by atoms with Crippen LogP contribution in [-0.2, 0) is 9.53 Å². The molecule has 1 fully saturated rings. The summed E-state index contributed by atoms with van der Waals surface area (Å²) in [5.41, 5.74) is 2.91. The second-order valence-corrected chi connectivity index (χ2v) is 6.71. The number of methoxy groups -OCH3 is 2. The molecule has 0 radical (unpaired) electrons. The maximum atomic E-state index is 12.1. The van der Waals surface area contributed by atoms with Crippen LogP contribution in [0.1, 0.15) is 25.0 Å². The summed E-state index contributed by atoms with van der Waals surface area (Å²) < 4.78 is 10.5. The molecule has 140 valence electrons. The van der Waals surface area contributed by atoms with Crippen molar-refractivity contribution in [3.63, 3.8) is 0 Å². The van der Waals surface area contributed by atoms with Crippen LogP contribution < -0.4 is 10.1 Å². The fourth-order valence-corrected chi connectivity index (χ4v) is 3.48. The van der Waals surface area contributed by atoms with Crippen LogP contribution in [0.5, 0.6) is 5.75 Å². The fraction of sp³-hybridized carbons (Fsp3) is 0.500. The summed E-state index contributed by atoms with van der Waals surface area (Å²) in [6, 6.07) is 8.41. The lowest BCUT2D eigenvalue weighted by atomic mass is 10.0. The van der Waals surface area contributed by atoms with Crippen LogP contribution in [0.2, 0.25) is 0 Å². The van der Waals surface area contributed by atoms with Gasteiger partial charge in [-0.3, -0.25) is 4.79 Å².